The van der Waals surface area contributed by atoms with Crippen LogP contribution in [0.15, 0.2) is 24.3 Å². The summed E-state index contributed by atoms with van der Waals surface area (Å²) >= 11 is 7.82. The van der Waals surface area contributed by atoms with E-state index < -0.39 is 0 Å². The number of nitrogens with two attached hydrogens (primary N) is 1. The zero-order valence-corrected chi connectivity index (χ0v) is 14.8. The van der Waals surface area contributed by atoms with Gasteiger partial charge in [0.25, 0.3) is 5.91 Å². The number of hydrogen-bond donors (Lipinski definition) is 2. The lowest BCUT2D eigenvalue weighted by atomic mass is 9.79. The maximum absolute atomic E-state index is 12.0. The average Bonchev–Trinajstić information content (AvgIpc) is 3.10. The molecule has 0 aliphatic heterocycles. The lowest BCUT2D eigenvalue weighted by molar-refractivity contribution is 0.100. The molecule has 24 heavy (non-hydrogen) atoms. The van der Waals surface area contributed by atoms with Gasteiger partial charge < -0.3 is 15.8 Å². The number of allylic oxidation sites excluding steroid dienone is 2. The van der Waals surface area contributed by atoms with Gasteiger partial charge in [-0.05, 0) is 36.1 Å². The summed E-state index contributed by atoms with van der Waals surface area (Å²) in [6.45, 7) is 0.576. The second-order valence-corrected chi connectivity index (χ2v) is 7.48. The molecule has 1 atom stereocenters. The number of nitrogens with one attached hydrogen (secondary N) is 1. The van der Waals surface area contributed by atoms with Gasteiger partial charge in [0.1, 0.15) is 10.8 Å². The van der Waals surface area contributed by atoms with E-state index in [1.807, 2.05) is 18.2 Å². The van der Waals surface area contributed by atoms with Crippen LogP contribution in [0.3, 0.4) is 0 Å². The van der Waals surface area contributed by atoms with E-state index in [1.54, 1.807) is 18.4 Å². The van der Waals surface area contributed by atoms with Crippen molar-refractivity contribution in [2.75, 3.05) is 12.4 Å². The van der Waals surface area contributed by atoms with Gasteiger partial charge in [-0.1, -0.05) is 23.7 Å². The van der Waals surface area contributed by atoms with Crippen molar-refractivity contribution >= 4 is 39.4 Å². The van der Waals surface area contributed by atoms with Gasteiger partial charge in [0.05, 0.1) is 17.7 Å². The first-order valence-electron chi connectivity index (χ1n) is 7.83. The fourth-order valence-corrected chi connectivity index (χ4v) is 5.17. The quantitative estimate of drug-likeness (QED) is 0.830. The van der Waals surface area contributed by atoms with Crippen LogP contribution < -0.4 is 15.8 Å². The highest BCUT2D eigenvalue weighted by atomic mass is 35.5. The van der Waals surface area contributed by atoms with Crippen molar-refractivity contribution < 1.29 is 9.53 Å². The van der Waals surface area contributed by atoms with Crippen LogP contribution in [-0.4, -0.2) is 13.0 Å². The zero-order valence-electron chi connectivity index (χ0n) is 13.2. The molecule has 1 amide bonds. The first kappa shape index (κ1) is 15.5. The first-order chi connectivity index (χ1) is 11.6. The van der Waals surface area contributed by atoms with Gasteiger partial charge in [-0.3, -0.25) is 4.79 Å². The highest BCUT2D eigenvalue weighted by Gasteiger charge is 2.41. The van der Waals surface area contributed by atoms with Crippen LogP contribution >= 0.6 is 22.9 Å². The van der Waals surface area contributed by atoms with Crippen LogP contribution in [0.1, 0.15) is 45.1 Å². The number of rotatable bonds is 5. The molecule has 3 N–H and O–H groups in total. The predicted octanol–water partition coefficient (Wildman–Crippen LogP) is 4.40. The summed E-state index contributed by atoms with van der Waals surface area (Å²) in [4.78, 5) is 13.2. The minimum absolute atomic E-state index is 0.367. The van der Waals surface area contributed by atoms with Crippen molar-refractivity contribution in [3.63, 3.8) is 0 Å². The normalized spacial score (nSPS) is 17.6. The van der Waals surface area contributed by atoms with E-state index in [4.69, 9.17) is 22.1 Å². The average molecular weight is 361 g/mol. The Balaban J connectivity index is 1.60. The minimum Gasteiger partial charge on any atom is -0.495 e. The molecule has 124 valence electrons. The van der Waals surface area contributed by atoms with Crippen LogP contribution in [0, 0.1) is 0 Å². The number of anilines is 1. The van der Waals surface area contributed by atoms with Crippen molar-refractivity contribution in [1.29, 1.82) is 0 Å². The number of thiophene rings is 1. The van der Waals surface area contributed by atoms with Gasteiger partial charge >= 0.3 is 0 Å². The monoisotopic (exact) mass is 360 g/mol. The molecule has 0 saturated carbocycles. The Labute approximate surface area is 149 Å². The summed E-state index contributed by atoms with van der Waals surface area (Å²) in [5, 5.41) is 4.79. The van der Waals surface area contributed by atoms with Crippen LogP contribution in [0.5, 0.6) is 5.75 Å². The van der Waals surface area contributed by atoms with Crippen LogP contribution in [0.2, 0.25) is 5.02 Å². The maximum atomic E-state index is 12.0. The number of amides is 1. The molecule has 0 saturated heterocycles. The van der Waals surface area contributed by atoms with E-state index in [1.165, 1.54) is 10.5 Å². The van der Waals surface area contributed by atoms with Crippen molar-refractivity contribution in [2.24, 2.45) is 5.73 Å². The molecule has 0 spiro atoms. The summed E-state index contributed by atoms with van der Waals surface area (Å²) in [7, 11) is 1.59. The molecule has 0 radical (unpaired) electrons. The van der Waals surface area contributed by atoms with Gasteiger partial charge in [-0.2, -0.15) is 0 Å². The van der Waals surface area contributed by atoms with Gasteiger partial charge in [0.2, 0.25) is 0 Å². The summed E-state index contributed by atoms with van der Waals surface area (Å²) in [5.41, 5.74) is 9.67. The summed E-state index contributed by atoms with van der Waals surface area (Å²) in [5.74, 6) is 0.791. The smallest absolute Gasteiger partial charge is 0.252 e. The van der Waals surface area contributed by atoms with E-state index in [-0.39, 0.29) is 5.91 Å². The SMILES string of the molecule is COc1ccc(CNc2sc3c(c2C(N)=O)C2=CCCC23)cc1Cl. The van der Waals surface area contributed by atoms with Gasteiger partial charge in [0, 0.05) is 22.9 Å². The fourth-order valence-electron chi connectivity index (χ4n) is 3.52. The molecule has 2 aliphatic rings. The Morgan fingerprint density at radius 1 is 1.50 bits per heavy atom. The van der Waals surface area contributed by atoms with Gasteiger partial charge in [-0.25, -0.2) is 0 Å². The van der Waals surface area contributed by atoms with E-state index in [0.29, 0.717) is 28.8 Å². The highest BCUT2D eigenvalue weighted by Crippen LogP contribution is 2.59. The van der Waals surface area contributed by atoms with Crippen molar-refractivity contribution in [3.05, 3.63) is 50.9 Å². The number of benzene rings is 1. The molecule has 0 fully saturated rings. The predicted molar refractivity (Wildman–Crippen MR) is 98.1 cm³/mol. The van der Waals surface area contributed by atoms with Crippen LogP contribution in [-0.2, 0) is 6.54 Å². The lowest BCUT2D eigenvalue weighted by Crippen LogP contribution is -2.18. The standard InChI is InChI=1S/C18H17ClN2O2S/c1-23-13-6-5-9(7-12(13)19)8-21-18-15(17(20)22)14-10-3-2-4-11(10)16(14)24-18/h3,5-7,11,21H,2,4,8H2,1H3,(H2,20,22). The number of carbonyl (C=O) groups is 1. The molecule has 6 heteroatoms. The van der Waals surface area contributed by atoms with Crippen molar-refractivity contribution in [1.82, 2.24) is 0 Å². The number of fused-ring (bicyclic) bond motifs is 4. The van der Waals surface area contributed by atoms with E-state index in [9.17, 15) is 4.79 Å². The fraction of sp³-hybridized carbons (Fsp3) is 0.278. The Morgan fingerprint density at radius 2 is 2.33 bits per heavy atom. The first-order valence-corrected chi connectivity index (χ1v) is 9.02. The number of carbonyl (C=O) groups excluding carboxylic acids is 1. The zero-order chi connectivity index (χ0) is 16.8. The molecule has 2 aromatic rings. The molecule has 4 rings (SSSR count). The van der Waals surface area contributed by atoms with E-state index >= 15 is 0 Å². The molecule has 0 bridgehead atoms. The summed E-state index contributed by atoms with van der Waals surface area (Å²) in [6.07, 6.45) is 4.47. The van der Waals surface area contributed by atoms with Gasteiger partial charge in [-0.15, -0.1) is 11.3 Å². The largest absolute Gasteiger partial charge is 0.495 e. The Kier molecular flexibility index (Phi) is 3.77. The molecule has 4 nitrogen and oxygen atoms in total. The highest BCUT2D eigenvalue weighted by molar-refractivity contribution is 7.17. The van der Waals surface area contributed by atoms with E-state index in [2.05, 4.69) is 11.4 Å². The van der Waals surface area contributed by atoms with Crippen LogP contribution in [0.4, 0.5) is 5.00 Å². The molecule has 1 unspecified atom stereocenters. The Bertz CT molecular complexity index is 872. The van der Waals surface area contributed by atoms with E-state index in [0.717, 1.165) is 29.0 Å². The number of primary amides is 1. The number of ether oxygens (including phenoxy) is 1. The third-order valence-electron chi connectivity index (χ3n) is 4.65. The molecule has 2 aliphatic carbocycles. The molecule has 1 aromatic heterocycles. The van der Waals surface area contributed by atoms with Crippen molar-refractivity contribution in [3.8, 4) is 5.75 Å². The molecule has 1 aromatic carbocycles. The molecule has 1 heterocycles. The number of hydrogen-bond acceptors (Lipinski definition) is 4. The van der Waals surface area contributed by atoms with Gasteiger partial charge in [0.15, 0.2) is 0 Å². The molecular formula is C18H17ClN2O2S. The number of halogens is 1. The Morgan fingerprint density at radius 3 is 3.04 bits per heavy atom. The van der Waals surface area contributed by atoms with Crippen molar-refractivity contribution in [2.45, 2.75) is 25.3 Å². The third kappa shape index (κ3) is 2.31. The summed E-state index contributed by atoms with van der Waals surface area (Å²) in [6, 6.07) is 5.66. The third-order valence-corrected chi connectivity index (χ3v) is 6.21. The summed E-state index contributed by atoms with van der Waals surface area (Å²) < 4.78 is 5.17. The second-order valence-electron chi connectivity index (χ2n) is 6.02. The number of methoxy groups -OCH3 is 1. The molecular weight excluding hydrogens is 344 g/mol. The second kappa shape index (κ2) is 5.83. The topological polar surface area (TPSA) is 64.3 Å². The Hall–Kier alpha value is -1.98. The maximum Gasteiger partial charge on any atom is 0.252 e. The van der Waals surface area contributed by atoms with Crippen LogP contribution in [0.25, 0.3) is 5.57 Å². The minimum atomic E-state index is -0.367. The lowest BCUT2D eigenvalue weighted by Gasteiger charge is -2.26.